The molecule has 0 heterocycles. The highest BCUT2D eigenvalue weighted by molar-refractivity contribution is 5.49. The summed E-state index contributed by atoms with van der Waals surface area (Å²) in [6.45, 7) is 4.17. The Kier molecular flexibility index (Phi) is 7.11. The van der Waals surface area contributed by atoms with Crippen LogP contribution in [0.3, 0.4) is 0 Å². The Labute approximate surface area is 69.5 Å². The molecule has 0 aromatic carbocycles. The van der Waals surface area contributed by atoms with Crippen molar-refractivity contribution < 1.29 is 4.79 Å². The van der Waals surface area contributed by atoms with Crippen LogP contribution >= 0.6 is 0 Å². The number of carbonyl (C=O) groups excluding carboxylic acids is 1. The maximum atomic E-state index is 10.1. The van der Waals surface area contributed by atoms with Gasteiger partial charge < -0.3 is 4.79 Å². The molecule has 1 atom stereocenters. The van der Waals surface area contributed by atoms with Crippen LogP contribution in [0.4, 0.5) is 0 Å². The number of hydrogen-bond acceptors (Lipinski definition) is 1. The highest BCUT2D eigenvalue weighted by atomic mass is 16.1. The average Bonchev–Trinajstić information content (AvgIpc) is 1.99. The van der Waals surface area contributed by atoms with E-state index in [4.69, 9.17) is 0 Å². The first kappa shape index (κ1) is 10.4. The molecule has 1 heteroatoms. The molecule has 0 spiro atoms. The third-order valence-electron chi connectivity index (χ3n) is 1.80. The Morgan fingerprint density at radius 2 is 2.18 bits per heavy atom. The van der Waals surface area contributed by atoms with Gasteiger partial charge >= 0.3 is 0 Å². The highest BCUT2D eigenvalue weighted by Crippen LogP contribution is 2.10. The van der Waals surface area contributed by atoms with Gasteiger partial charge in [0.05, 0.1) is 0 Å². The Hall–Kier alpha value is -0.590. The van der Waals surface area contributed by atoms with E-state index in [0.29, 0.717) is 5.92 Å². The largest absolute Gasteiger partial charge is 0.303 e. The summed E-state index contributed by atoms with van der Waals surface area (Å²) in [5.41, 5.74) is 0. The lowest BCUT2D eigenvalue weighted by Gasteiger charge is -2.04. The molecule has 1 unspecified atom stereocenters. The van der Waals surface area contributed by atoms with Crippen LogP contribution in [-0.4, -0.2) is 6.29 Å². The van der Waals surface area contributed by atoms with Crippen LogP contribution in [0.5, 0.6) is 0 Å². The van der Waals surface area contributed by atoms with E-state index in [0.717, 1.165) is 19.1 Å². The maximum absolute atomic E-state index is 10.1. The minimum atomic E-state index is 0.567. The molecule has 0 saturated carbocycles. The first-order valence-corrected chi connectivity index (χ1v) is 4.36. The molecular formula is C10H18O. The third kappa shape index (κ3) is 7.31. The number of unbranched alkanes of at least 4 members (excludes halogenated alkanes) is 1. The summed E-state index contributed by atoms with van der Waals surface area (Å²) < 4.78 is 0. The fourth-order valence-electron chi connectivity index (χ4n) is 1.03. The summed E-state index contributed by atoms with van der Waals surface area (Å²) in [5.74, 6) is 0.567. The van der Waals surface area contributed by atoms with Crippen molar-refractivity contribution in [3.05, 3.63) is 12.2 Å². The van der Waals surface area contributed by atoms with E-state index in [1.165, 1.54) is 12.8 Å². The second kappa shape index (κ2) is 7.52. The Balaban J connectivity index is 3.16. The van der Waals surface area contributed by atoms with Crippen molar-refractivity contribution in [3.63, 3.8) is 0 Å². The van der Waals surface area contributed by atoms with Crippen LogP contribution in [0.1, 0.15) is 39.5 Å². The molecule has 1 nitrogen and oxygen atoms in total. The molecule has 64 valence electrons. The zero-order valence-corrected chi connectivity index (χ0v) is 7.55. The van der Waals surface area contributed by atoms with Crippen molar-refractivity contribution in [1.82, 2.24) is 0 Å². The van der Waals surface area contributed by atoms with Gasteiger partial charge in [-0.2, -0.15) is 0 Å². The van der Waals surface area contributed by atoms with Crippen molar-refractivity contribution in [2.75, 3.05) is 0 Å². The molecule has 0 fully saturated rings. The minimum Gasteiger partial charge on any atom is -0.303 e. The second-order valence-corrected chi connectivity index (χ2v) is 3.01. The monoisotopic (exact) mass is 154 g/mol. The molecule has 0 bridgehead atoms. The van der Waals surface area contributed by atoms with E-state index in [2.05, 4.69) is 19.1 Å². The maximum Gasteiger partial charge on any atom is 0.120 e. The summed E-state index contributed by atoms with van der Waals surface area (Å²) in [7, 11) is 0. The molecule has 0 aliphatic carbocycles. The summed E-state index contributed by atoms with van der Waals surface area (Å²) in [6.07, 6.45) is 9.51. The van der Waals surface area contributed by atoms with Crippen LogP contribution in [0.25, 0.3) is 0 Å². The van der Waals surface area contributed by atoms with Crippen molar-refractivity contribution in [3.8, 4) is 0 Å². The van der Waals surface area contributed by atoms with Gasteiger partial charge in [0.15, 0.2) is 0 Å². The van der Waals surface area contributed by atoms with Crippen LogP contribution in [-0.2, 0) is 4.79 Å². The average molecular weight is 154 g/mol. The van der Waals surface area contributed by atoms with Crippen molar-refractivity contribution in [1.29, 1.82) is 0 Å². The van der Waals surface area contributed by atoms with Crippen LogP contribution in [0.2, 0.25) is 0 Å². The Morgan fingerprint density at radius 3 is 2.73 bits per heavy atom. The van der Waals surface area contributed by atoms with Gasteiger partial charge in [0.1, 0.15) is 6.29 Å². The van der Waals surface area contributed by atoms with Gasteiger partial charge in [0.25, 0.3) is 0 Å². The molecule has 0 N–H and O–H groups in total. The fraction of sp³-hybridized carbons (Fsp3) is 0.700. The lowest BCUT2D eigenvalue weighted by atomic mass is 10.0. The predicted octanol–water partition coefficient (Wildman–Crippen LogP) is 2.96. The molecule has 0 radical (unpaired) electrons. The molecule has 0 aromatic rings. The van der Waals surface area contributed by atoms with Gasteiger partial charge in [0.2, 0.25) is 0 Å². The van der Waals surface area contributed by atoms with E-state index in [-0.39, 0.29) is 0 Å². The second-order valence-electron chi connectivity index (χ2n) is 3.01. The molecule has 0 saturated heterocycles. The van der Waals surface area contributed by atoms with Crippen LogP contribution in [0.15, 0.2) is 12.2 Å². The summed E-state index contributed by atoms with van der Waals surface area (Å²) in [4.78, 5) is 10.1. The van der Waals surface area contributed by atoms with Crippen molar-refractivity contribution >= 4 is 6.29 Å². The lowest BCUT2D eigenvalue weighted by Crippen LogP contribution is -1.94. The SMILES string of the molecule is C/C=C/CCCC(C)CC=O. The lowest BCUT2D eigenvalue weighted by molar-refractivity contribution is -0.108. The molecule has 0 rings (SSSR count). The predicted molar refractivity (Wildman–Crippen MR) is 48.5 cm³/mol. The molecule has 11 heavy (non-hydrogen) atoms. The van der Waals surface area contributed by atoms with Gasteiger partial charge in [-0.15, -0.1) is 0 Å². The smallest absolute Gasteiger partial charge is 0.120 e. The van der Waals surface area contributed by atoms with Gasteiger partial charge in [-0.05, 0) is 25.7 Å². The fourth-order valence-corrected chi connectivity index (χ4v) is 1.03. The zero-order valence-electron chi connectivity index (χ0n) is 7.55. The minimum absolute atomic E-state index is 0.567. The normalized spacial score (nSPS) is 13.6. The summed E-state index contributed by atoms with van der Waals surface area (Å²) in [6, 6.07) is 0. The van der Waals surface area contributed by atoms with Gasteiger partial charge in [0, 0.05) is 6.42 Å². The van der Waals surface area contributed by atoms with Crippen molar-refractivity contribution in [2.24, 2.45) is 5.92 Å². The first-order chi connectivity index (χ1) is 5.31. The zero-order chi connectivity index (χ0) is 8.53. The molecule has 0 aliphatic rings. The number of hydrogen-bond donors (Lipinski definition) is 0. The van der Waals surface area contributed by atoms with E-state index < -0.39 is 0 Å². The molecule has 0 amide bonds. The van der Waals surface area contributed by atoms with Gasteiger partial charge in [-0.3, -0.25) is 0 Å². The number of allylic oxidation sites excluding steroid dienone is 2. The van der Waals surface area contributed by atoms with Crippen LogP contribution in [0, 0.1) is 5.92 Å². The summed E-state index contributed by atoms with van der Waals surface area (Å²) >= 11 is 0. The standard InChI is InChI=1S/C10H18O/c1-3-4-5-6-7-10(2)8-9-11/h3-4,9-10H,5-8H2,1-2H3/b4-3+. The Morgan fingerprint density at radius 1 is 1.45 bits per heavy atom. The molecular weight excluding hydrogens is 136 g/mol. The Bertz CT molecular complexity index is 116. The summed E-state index contributed by atoms with van der Waals surface area (Å²) in [5, 5.41) is 0. The van der Waals surface area contributed by atoms with Gasteiger partial charge in [-0.1, -0.05) is 25.5 Å². The van der Waals surface area contributed by atoms with Gasteiger partial charge in [-0.25, -0.2) is 0 Å². The van der Waals surface area contributed by atoms with E-state index in [1.54, 1.807) is 0 Å². The quantitative estimate of drug-likeness (QED) is 0.326. The van der Waals surface area contributed by atoms with Crippen molar-refractivity contribution in [2.45, 2.75) is 39.5 Å². The first-order valence-electron chi connectivity index (χ1n) is 4.36. The molecule has 0 aliphatic heterocycles. The number of carbonyl (C=O) groups is 1. The topological polar surface area (TPSA) is 17.1 Å². The highest BCUT2D eigenvalue weighted by Gasteiger charge is 1.98. The van der Waals surface area contributed by atoms with E-state index >= 15 is 0 Å². The molecule has 0 aromatic heterocycles. The third-order valence-corrected chi connectivity index (χ3v) is 1.80. The number of aldehydes is 1. The van der Waals surface area contributed by atoms with Crippen LogP contribution < -0.4 is 0 Å². The van der Waals surface area contributed by atoms with E-state index in [9.17, 15) is 4.79 Å². The van der Waals surface area contributed by atoms with E-state index in [1.807, 2.05) is 6.92 Å². The number of rotatable bonds is 6.